The molecule has 1 aliphatic rings. The molecule has 1 aliphatic heterocycles. The standard InChI is InChI=1S/C24H24FNO2S/c1-23(2)17-24(3,18-9-5-4-6-10-18)21-11-7-8-12-22(21)26(23)29(27,28)20-15-13-19(25)14-16-20/h4-16H,17H2,1-3H3/t24-/m0/s1. The van der Waals surface area contributed by atoms with E-state index in [1.54, 1.807) is 0 Å². The molecule has 1 atom stereocenters. The first kappa shape index (κ1) is 19.6. The molecule has 0 N–H and O–H groups in total. The lowest BCUT2D eigenvalue weighted by atomic mass is 9.66. The Balaban J connectivity index is 1.94. The van der Waals surface area contributed by atoms with E-state index < -0.39 is 21.4 Å². The molecule has 0 saturated heterocycles. The van der Waals surface area contributed by atoms with E-state index in [2.05, 4.69) is 19.1 Å². The molecule has 3 nitrogen and oxygen atoms in total. The minimum Gasteiger partial charge on any atom is -0.260 e. The molecule has 0 unspecified atom stereocenters. The number of benzene rings is 3. The first-order valence-corrected chi connectivity index (χ1v) is 11.1. The number of sulfonamides is 1. The minimum atomic E-state index is -3.87. The van der Waals surface area contributed by atoms with Gasteiger partial charge in [0.1, 0.15) is 5.82 Å². The highest BCUT2D eigenvalue weighted by Crippen LogP contribution is 2.51. The van der Waals surface area contributed by atoms with E-state index in [1.165, 1.54) is 28.6 Å². The summed E-state index contributed by atoms with van der Waals surface area (Å²) in [6, 6.07) is 22.9. The lowest BCUT2D eigenvalue weighted by Gasteiger charge is -2.51. The van der Waals surface area contributed by atoms with Gasteiger partial charge < -0.3 is 0 Å². The van der Waals surface area contributed by atoms with Gasteiger partial charge >= 0.3 is 0 Å². The van der Waals surface area contributed by atoms with Crippen LogP contribution >= 0.6 is 0 Å². The number of halogens is 1. The SMILES string of the molecule is CC1(C)C[C@@](C)(c2ccccc2)c2ccccc2N1S(=O)(=O)c1ccc(F)cc1. The Kier molecular flexibility index (Phi) is 4.54. The van der Waals surface area contributed by atoms with E-state index in [-0.39, 0.29) is 10.3 Å². The van der Waals surface area contributed by atoms with Gasteiger partial charge in [0.15, 0.2) is 0 Å². The fraction of sp³-hybridized carbons (Fsp3) is 0.250. The molecule has 0 spiro atoms. The molecule has 0 aromatic heterocycles. The molecule has 0 radical (unpaired) electrons. The fourth-order valence-corrected chi connectivity index (χ4v) is 6.53. The number of anilines is 1. The van der Waals surface area contributed by atoms with Crippen LogP contribution in [0.4, 0.5) is 10.1 Å². The van der Waals surface area contributed by atoms with Crippen molar-refractivity contribution in [3.63, 3.8) is 0 Å². The number of rotatable bonds is 3. The zero-order valence-electron chi connectivity index (χ0n) is 16.8. The molecule has 3 aromatic rings. The summed E-state index contributed by atoms with van der Waals surface area (Å²) < 4.78 is 42.2. The third kappa shape index (κ3) is 3.14. The molecule has 0 aliphatic carbocycles. The van der Waals surface area contributed by atoms with Crippen molar-refractivity contribution in [1.29, 1.82) is 0 Å². The van der Waals surface area contributed by atoms with E-state index in [4.69, 9.17) is 0 Å². The summed E-state index contributed by atoms with van der Waals surface area (Å²) in [4.78, 5) is 0.0880. The third-order valence-corrected chi connectivity index (χ3v) is 7.86. The summed E-state index contributed by atoms with van der Waals surface area (Å²) in [5.41, 5.74) is 1.76. The summed E-state index contributed by atoms with van der Waals surface area (Å²) >= 11 is 0. The molecule has 3 aromatic carbocycles. The lowest BCUT2D eigenvalue weighted by Crippen LogP contribution is -2.55. The van der Waals surface area contributed by atoms with Crippen LogP contribution < -0.4 is 4.31 Å². The molecule has 1 heterocycles. The molecule has 29 heavy (non-hydrogen) atoms. The Bertz CT molecular complexity index is 1140. The van der Waals surface area contributed by atoms with Gasteiger partial charge in [0.25, 0.3) is 10.0 Å². The van der Waals surface area contributed by atoms with Crippen LogP contribution in [0, 0.1) is 5.82 Å². The Morgan fingerprint density at radius 3 is 2.07 bits per heavy atom. The van der Waals surface area contributed by atoms with Gasteiger partial charge in [-0.2, -0.15) is 0 Å². The van der Waals surface area contributed by atoms with Crippen molar-refractivity contribution in [2.45, 2.75) is 43.0 Å². The highest BCUT2D eigenvalue weighted by Gasteiger charge is 2.49. The summed E-state index contributed by atoms with van der Waals surface area (Å²) in [6.45, 7) is 6.07. The Morgan fingerprint density at radius 2 is 1.41 bits per heavy atom. The van der Waals surface area contributed by atoms with Crippen molar-refractivity contribution in [1.82, 2.24) is 0 Å². The molecule has 0 bridgehead atoms. The van der Waals surface area contributed by atoms with Crippen molar-refractivity contribution in [2.24, 2.45) is 0 Å². The van der Waals surface area contributed by atoms with E-state index in [0.29, 0.717) is 12.1 Å². The lowest BCUT2D eigenvalue weighted by molar-refractivity contribution is 0.351. The summed E-state index contributed by atoms with van der Waals surface area (Å²) in [6.07, 6.45) is 0.613. The van der Waals surface area contributed by atoms with Gasteiger partial charge in [0.05, 0.1) is 16.1 Å². The topological polar surface area (TPSA) is 37.4 Å². The second-order valence-electron chi connectivity index (χ2n) is 8.43. The molecular weight excluding hydrogens is 385 g/mol. The van der Waals surface area contributed by atoms with Crippen LogP contribution in [-0.4, -0.2) is 14.0 Å². The monoisotopic (exact) mass is 409 g/mol. The van der Waals surface area contributed by atoms with E-state index in [9.17, 15) is 12.8 Å². The van der Waals surface area contributed by atoms with Gasteiger partial charge in [-0.3, -0.25) is 4.31 Å². The molecular formula is C24H24FNO2S. The number of nitrogens with zero attached hydrogens (tertiary/aromatic N) is 1. The van der Waals surface area contributed by atoms with Crippen molar-refractivity contribution < 1.29 is 12.8 Å². The summed E-state index contributed by atoms with van der Waals surface area (Å²) in [5, 5.41) is 0. The maximum absolute atomic E-state index is 13.6. The van der Waals surface area contributed by atoms with Crippen LogP contribution in [0.25, 0.3) is 0 Å². The van der Waals surface area contributed by atoms with E-state index in [0.717, 1.165) is 11.1 Å². The van der Waals surface area contributed by atoms with E-state index in [1.807, 2.05) is 56.3 Å². The quantitative estimate of drug-likeness (QED) is 0.572. The zero-order valence-corrected chi connectivity index (χ0v) is 17.6. The van der Waals surface area contributed by atoms with Crippen molar-refractivity contribution >= 4 is 15.7 Å². The van der Waals surface area contributed by atoms with Gasteiger partial charge in [-0.05, 0) is 61.7 Å². The predicted octanol–water partition coefficient (Wildman–Crippen LogP) is 5.51. The molecule has 0 amide bonds. The highest BCUT2D eigenvalue weighted by molar-refractivity contribution is 7.93. The van der Waals surface area contributed by atoms with Crippen LogP contribution in [0.1, 0.15) is 38.3 Å². The number of para-hydroxylation sites is 1. The molecule has 5 heteroatoms. The van der Waals surface area contributed by atoms with Crippen LogP contribution in [0.5, 0.6) is 0 Å². The van der Waals surface area contributed by atoms with Gasteiger partial charge in [0.2, 0.25) is 0 Å². The van der Waals surface area contributed by atoms with Gasteiger partial charge in [0, 0.05) is 5.41 Å². The van der Waals surface area contributed by atoms with Gasteiger partial charge in [-0.1, -0.05) is 55.5 Å². The van der Waals surface area contributed by atoms with Crippen LogP contribution in [0.15, 0.2) is 83.8 Å². The van der Waals surface area contributed by atoms with E-state index >= 15 is 0 Å². The van der Waals surface area contributed by atoms with Crippen LogP contribution in [0.2, 0.25) is 0 Å². The summed E-state index contributed by atoms with van der Waals surface area (Å²) in [7, 11) is -3.87. The zero-order chi connectivity index (χ0) is 20.9. The Morgan fingerprint density at radius 1 is 0.828 bits per heavy atom. The van der Waals surface area contributed by atoms with Crippen molar-refractivity contribution in [2.75, 3.05) is 4.31 Å². The first-order chi connectivity index (χ1) is 13.7. The first-order valence-electron chi connectivity index (χ1n) is 9.62. The van der Waals surface area contributed by atoms with Crippen molar-refractivity contribution in [3.8, 4) is 0 Å². The molecule has 0 saturated carbocycles. The predicted molar refractivity (Wildman–Crippen MR) is 114 cm³/mol. The van der Waals surface area contributed by atoms with Crippen molar-refractivity contribution in [3.05, 3.63) is 95.8 Å². The molecule has 0 fully saturated rings. The summed E-state index contributed by atoms with van der Waals surface area (Å²) in [5.74, 6) is -0.459. The normalized spacial score (nSPS) is 20.9. The minimum absolute atomic E-state index is 0.0880. The third-order valence-electron chi connectivity index (χ3n) is 5.82. The maximum atomic E-state index is 13.6. The smallest absolute Gasteiger partial charge is 0.260 e. The fourth-order valence-electron chi connectivity index (χ4n) is 4.71. The molecule has 4 rings (SSSR count). The average molecular weight is 410 g/mol. The van der Waals surface area contributed by atoms with Gasteiger partial charge in [-0.15, -0.1) is 0 Å². The Hall–Kier alpha value is -2.66. The molecule has 150 valence electrons. The number of hydrogen-bond donors (Lipinski definition) is 0. The second kappa shape index (κ2) is 6.70. The second-order valence-corrected chi connectivity index (χ2v) is 10.2. The largest absolute Gasteiger partial charge is 0.264 e. The number of hydrogen-bond acceptors (Lipinski definition) is 2. The Labute approximate surface area is 171 Å². The highest BCUT2D eigenvalue weighted by atomic mass is 32.2. The van der Waals surface area contributed by atoms with Crippen LogP contribution in [-0.2, 0) is 15.4 Å². The average Bonchev–Trinajstić information content (AvgIpc) is 2.68. The van der Waals surface area contributed by atoms with Gasteiger partial charge in [-0.25, -0.2) is 12.8 Å². The number of fused-ring (bicyclic) bond motifs is 1. The maximum Gasteiger partial charge on any atom is 0.264 e. The van der Waals surface area contributed by atoms with Crippen LogP contribution in [0.3, 0.4) is 0 Å².